The highest BCUT2D eigenvalue weighted by molar-refractivity contribution is 5.15. The first-order valence-electron chi connectivity index (χ1n) is 11.5. The van der Waals surface area contributed by atoms with Gasteiger partial charge in [-0.3, -0.25) is 4.90 Å². The zero-order chi connectivity index (χ0) is 32.3. The molecule has 22 heteroatoms. The first kappa shape index (κ1) is 37.6. The molecule has 1 saturated heterocycles. The van der Waals surface area contributed by atoms with Crippen LogP contribution in [0.2, 0.25) is 0 Å². The molecule has 0 amide bonds. The van der Waals surface area contributed by atoms with Crippen LogP contribution in [0.25, 0.3) is 0 Å². The largest absolute Gasteiger partial charge is 0.460 e. The number of rotatable bonds is 10. The molecule has 0 radical (unpaired) electrons. The fourth-order valence-corrected chi connectivity index (χ4v) is 3.48. The summed E-state index contributed by atoms with van der Waals surface area (Å²) in [6, 6.07) is 0. The zero-order valence-electron chi connectivity index (χ0n) is 20.5. The van der Waals surface area contributed by atoms with Crippen LogP contribution in [0.3, 0.4) is 0 Å². The monoisotopic (exact) mass is 648 g/mol. The van der Waals surface area contributed by atoms with E-state index in [0.29, 0.717) is 26.2 Å². The molecule has 4 N–H and O–H groups in total. The predicted molar refractivity (Wildman–Crippen MR) is 106 cm³/mol. The number of β-amino-alcohol motifs (C(OH)–C–C–N with tert-alkyl or cyclic N) is 1. The summed E-state index contributed by atoms with van der Waals surface area (Å²) in [4.78, 5) is 1.12. The molecule has 1 atom stereocenters. The Hall–Kier alpha value is -1.39. The molecule has 0 aromatic carbocycles. The number of hydrogen-bond donors (Lipinski definition) is 4. The molecule has 1 rings (SSSR count). The smallest absolute Gasteiger partial charge is 0.392 e. The maximum absolute atomic E-state index is 14.2. The molecule has 1 unspecified atom stereocenters. The van der Waals surface area contributed by atoms with Gasteiger partial charge in [-0.1, -0.05) is 0 Å². The van der Waals surface area contributed by atoms with Gasteiger partial charge < -0.3 is 21.1 Å². The SMILES string of the molecule is OC(CN1CCNCCNCCNCC1)CC(F)(F)C(F)(F)C(F)(F)C(F)(F)C(F)(F)C(F)(F)C(F)(F)C(F)(F)F. The molecular weight excluding hydrogens is 623 g/mol. The highest BCUT2D eigenvalue weighted by Gasteiger charge is 2.95. The molecule has 0 aliphatic carbocycles. The summed E-state index contributed by atoms with van der Waals surface area (Å²) in [5.41, 5.74) is 0. The number of nitrogens with one attached hydrogen (secondary N) is 3. The molecule has 0 spiro atoms. The second-order valence-electron chi connectivity index (χ2n) is 9.06. The van der Waals surface area contributed by atoms with Crippen molar-refractivity contribution in [3.05, 3.63) is 0 Å². The standard InChI is InChI=1S/C19H25F17N4O/c20-12(21,9-11(41)10-40-7-5-38-3-1-37-2-4-39-6-8-40)13(22,23)14(24,25)15(26,27)16(28,29)17(30,31)18(32,33)19(34,35)36/h11,37-39,41H,1-10H2. The van der Waals surface area contributed by atoms with Crippen LogP contribution < -0.4 is 16.0 Å². The minimum Gasteiger partial charge on any atom is -0.392 e. The Labute approximate surface area is 220 Å². The van der Waals surface area contributed by atoms with Gasteiger partial charge in [0.2, 0.25) is 0 Å². The van der Waals surface area contributed by atoms with Gasteiger partial charge in [-0.25, -0.2) is 0 Å². The van der Waals surface area contributed by atoms with E-state index in [2.05, 4.69) is 16.0 Å². The summed E-state index contributed by atoms with van der Waals surface area (Å²) in [7, 11) is 0. The third kappa shape index (κ3) is 7.23. The van der Waals surface area contributed by atoms with E-state index in [9.17, 15) is 79.7 Å². The molecule has 5 nitrogen and oxygen atoms in total. The summed E-state index contributed by atoms with van der Waals surface area (Å²) in [6.45, 7) is 0.806. The highest BCUT2D eigenvalue weighted by atomic mass is 19.4. The van der Waals surface area contributed by atoms with Gasteiger partial charge >= 0.3 is 47.6 Å². The van der Waals surface area contributed by atoms with Gasteiger partial charge in [-0.05, 0) is 0 Å². The summed E-state index contributed by atoms with van der Waals surface area (Å²) < 4.78 is 228. The number of alkyl halides is 17. The van der Waals surface area contributed by atoms with Crippen molar-refractivity contribution in [3.8, 4) is 0 Å². The second-order valence-corrected chi connectivity index (χ2v) is 9.06. The van der Waals surface area contributed by atoms with Crippen molar-refractivity contribution in [2.24, 2.45) is 0 Å². The van der Waals surface area contributed by atoms with Gasteiger partial charge in [0, 0.05) is 65.3 Å². The molecule has 1 aliphatic heterocycles. The third-order valence-electron chi connectivity index (χ3n) is 5.91. The number of aliphatic hydroxyl groups excluding tert-OH is 1. The number of hydrogen-bond acceptors (Lipinski definition) is 5. The Balaban J connectivity index is 3.23. The van der Waals surface area contributed by atoms with Gasteiger partial charge in [-0.15, -0.1) is 0 Å². The minimum absolute atomic E-state index is 0.0797. The lowest BCUT2D eigenvalue weighted by molar-refractivity contribution is -0.462. The van der Waals surface area contributed by atoms with Crippen LogP contribution >= 0.6 is 0 Å². The molecule has 0 aromatic rings. The van der Waals surface area contributed by atoms with Gasteiger partial charge in [-0.2, -0.15) is 74.6 Å². The third-order valence-corrected chi connectivity index (χ3v) is 5.91. The fourth-order valence-electron chi connectivity index (χ4n) is 3.48. The molecule has 0 bridgehead atoms. The second kappa shape index (κ2) is 12.7. The summed E-state index contributed by atoms with van der Waals surface area (Å²) in [5, 5.41) is 18.5. The van der Waals surface area contributed by atoms with Crippen molar-refractivity contribution >= 4 is 0 Å². The van der Waals surface area contributed by atoms with Gasteiger partial charge in [0.05, 0.1) is 6.10 Å². The van der Waals surface area contributed by atoms with E-state index in [1.165, 1.54) is 0 Å². The van der Waals surface area contributed by atoms with Crippen LogP contribution in [-0.4, -0.2) is 123 Å². The maximum Gasteiger partial charge on any atom is 0.460 e. The average Bonchev–Trinajstić information content (AvgIpc) is 2.78. The number of nitrogens with zero attached hydrogens (tertiary/aromatic N) is 1. The quantitative estimate of drug-likeness (QED) is 0.272. The van der Waals surface area contributed by atoms with Crippen LogP contribution in [-0.2, 0) is 0 Å². The van der Waals surface area contributed by atoms with E-state index in [1.54, 1.807) is 0 Å². The Morgan fingerprint density at radius 2 is 0.805 bits per heavy atom. The lowest BCUT2D eigenvalue weighted by Gasteiger charge is -2.43. The van der Waals surface area contributed by atoms with Crippen LogP contribution in [0.15, 0.2) is 0 Å². The van der Waals surface area contributed by atoms with Crippen molar-refractivity contribution in [1.82, 2.24) is 20.9 Å². The lowest BCUT2D eigenvalue weighted by Crippen LogP contribution is -2.74. The van der Waals surface area contributed by atoms with Crippen molar-refractivity contribution < 1.29 is 79.7 Å². The topological polar surface area (TPSA) is 59.6 Å². The molecule has 1 fully saturated rings. The molecular formula is C19H25F17N4O. The molecule has 0 aromatic heterocycles. The minimum atomic E-state index is -8.67. The van der Waals surface area contributed by atoms with E-state index in [-0.39, 0.29) is 26.2 Å². The fraction of sp³-hybridized carbons (Fsp3) is 1.00. The van der Waals surface area contributed by atoms with E-state index >= 15 is 0 Å². The molecule has 0 saturated carbocycles. The molecule has 246 valence electrons. The van der Waals surface area contributed by atoms with E-state index in [1.807, 2.05) is 0 Å². The van der Waals surface area contributed by atoms with Gasteiger partial charge in [0.15, 0.2) is 0 Å². The lowest BCUT2D eigenvalue weighted by atomic mass is 9.87. The van der Waals surface area contributed by atoms with E-state index in [0.717, 1.165) is 4.90 Å². The van der Waals surface area contributed by atoms with Crippen LogP contribution in [0.4, 0.5) is 74.6 Å². The van der Waals surface area contributed by atoms with Gasteiger partial charge in [0.1, 0.15) is 0 Å². The van der Waals surface area contributed by atoms with Crippen LogP contribution in [0, 0.1) is 0 Å². The Bertz CT molecular complexity index is 825. The van der Waals surface area contributed by atoms with Crippen LogP contribution in [0.1, 0.15) is 6.42 Å². The van der Waals surface area contributed by atoms with Crippen molar-refractivity contribution in [2.45, 2.75) is 60.2 Å². The predicted octanol–water partition coefficient (Wildman–Crippen LogP) is 3.83. The molecule has 1 heterocycles. The molecule has 41 heavy (non-hydrogen) atoms. The maximum atomic E-state index is 14.2. The van der Waals surface area contributed by atoms with E-state index in [4.69, 9.17) is 0 Å². The Kier molecular flexibility index (Phi) is 11.6. The first-order chi connectivity index (χ1) is 18.2. The Morgan fingerprint density at radius 3 is 1.17 bits per heavy atom. The van der Waals surface area contributed by atoms with Gasteiger partial charge in [0.25, 0.3) is 0 Å². The average molecular weight is 648 g/mol. The Morgan fingerprint density at radius 1 is 0.488 bits per heavy atom. The highest BCUT2D eigenvalue weighted by Crippen LogP contribution is 2.64. The van der Waals surface area contributed by atoms with E-state index < -0.39 is 66.7 Å². The van der Waals surface area contributed by atoms with Crippen LogP contribution in [0.5, 0.6) is 0 Å². The van der Waals surface area contributed by atoms with Crippen molar-refractivity contribution in [3.63, 3.8) is 0 Å². The first-order valence-corrected chi connectivity index (χ1v) is 11.5. The molecule has 1 aliphatic rings. The summed E-state index contributed by atoms with van der Waals surface area (Å²) in [6.07, 6.45) is -13.4. The normalized spacial score (nSPS) is 20.3. The summed E-state index contributed by atoms with van der Waals surface area (Å²) >= 11 is 0. The van der Waals surface area contributed by atoms with Crippen molar-refractivity contribution in [2.75, 3.05) is 58.9 Å². The van der Waals surface area contributed by atoms with Crippen molar-refractivity contribution in [1.29, 1.82) is 0 Å². The number of aliphatic hydroxyl groups is 1. The zero-order valence-corrected chi connectivity index (χ0v) is 20.5. The number of halogens is 17. The summed E-state index contributed by atoms with van der Waals surface area (Å²) in [5.74, 6) is -56.8.